The van der Waals surface area contributed by atoms with Crippen molar-refractivity contribution >= 4 is 185 Å². The Hall–Kier alpha value is 3.02. The van der Waals surface area contributed by atoms with Crippen molar-refractivity contribution in [2.75, 3.05) is 107 Å². The van der Waals surface area contributed by atoms with Crippen LogP contribution in [0.5, 0.6) is 0 Å². The van der Waals surface area contributed by atoms with Crippen molar-refractivity contribution in [3.63, 3.8) is 0 Å². The maximum atomic E-state index is 12.1. The van der Waals surface area contributed by atoms with Crippen LogP contribution < -0.4 is 10.6 Å². The first-order valence-corrected chi connectivity index (χ1v) is 29.8. The molecule has 24 heteroatoms. The zero-order valence-electron chi connectivity index (χ0n) is 25.7. The molecule has 4 N–H and O–H groups in total. The summed E-state index contributed by atoms with van der Waals surface area (Å²) in [5, 5.41) is 29.6. The number of amides is 2. The van der Waals surface area contributed by atoms with Gasteiger partial charge >= 0.3 is 0 Å². The van der Waals surface area contributed by atoms with Gasteiger partial charge in [0.1, 0.15) is 0 Å². The van der Waals surface area contributed by atoms with Crippen LogP contribution in [0.2, 0.25) is 0 Å². The van der Waals surface area contributed by atoms with E-state index in [2.05, 4.69) is 20.6 Å². The number of aliphatic hydroxyl groups excluding tert-OH is 2. The topological polar surface area (TPSA) is 169 Å². The lowest BCUT2D eigenvalue weighted by atomic mass is 10.8. The van der Waals surface area contributed by atoms with Crippen molar-refractivity contribution < 1.29 is 28.9 Å². The number of carbonyl (C=O) groups excluding carboxylic acids is 2. The Morgan fingerprint density at radius 3 is 1.38 bits per heavy atom. The van der Waals surface area contributed by atoms with Crippen LogP contribution in [0, 0.1) is 0 Å². The van der Waals surface area contributed by atoms with Crippen LogP contribution in [0.25, 0.3) is 0 Å². The highest BCUT2D eigenvalue weighted by Crippen LogP contribution is 2.20. The van der Waals surface area contributed by atoms with Crippen LogP contribution in [-0.4, -0.2) is 148 Å². The van der Waals surface area contributed by atoms with Crippen LogP contribution in [-0.2, 0) is 22.4 Å². The van der Waals surface area contributed by atoms with Gasteiger partial charge in [-0.15, -0.1) is 94.1 Å². The molecule has 2 unspecified atom stereocenters. The summed E-state index contributed by atoms with van der Waals surface area (Å²) in [7, 11) is 0. The fourth-order valence-corrected chi connectivity index (χ4v) is 15.8. The van der Waals surface area contributed by atoms with E-state index in [0.29, 0.717) is 46.5 Å². The SMILES string of the molecule is O=C(NCCSCSCC/N=C\[S+]([O-])CSCSCSC(=O)NCCSCSCC/N=C\[S+]([O-])CSCSCO)SCSCSCO. The minimum atomic E-state index is -1.10. The molecule has 0 saturated heterocycles. The molecule has 0 rings (SSSR count). The van der Waals surface area contributed by atoms with E-state index in [1.807, 2.05) is 0 Å². The second-order valence-electron chi connectivity index (χ2n) is 7.68. The third kappa shape index (κ3) is 41.6. The summed E-state index contributed by atoms with van der Waals surface area (Å²) >= 11 is 16.6. The number of nitrogens with zero attached hydrogens (tertiary/aromatic N) is 2. The molecule has 276 valence electrons. The number of rotatable bonds is 34. The molecule has 2 atom stereocenters. The maximum absolute atomic E-state index is 12.1. The lowest BCUT2D eigenvalue weighted by molar-refractivity contribution is 0.260. The first-order valence-electron chi connectivity index (χ1n) is 13.5. The molecule has 0 spiro atoms. The molecule has 0 heterocycles. The summed E-state index contributed by atoms with van der Waals surface area (Å²) in [6.45, 7) is 2.54. The molecule has 0 aliphatic carbocycles. The number of nitrogens with one attached hydrogen (secondary N) is 2. The second kappa shape index (κ2) is 41.8. The quantitative estimate of drug-likeness (QED) is 0.0187. The molecule has 47 heavy (non-hydrogen) atoms. The average molecular weight is 922 g/mol. The summed E-state index contributed by atoms with van der Waals surface area (Å²) in [4.78, 5) is 32.1. The molecule has 10 nitrogen and oxygen atoms in total. The lowest BCUT2D eigenvalue weighted by Gasteiger charge is -2.06. The van der Waals surface area contributed by atoms with Crippen LogP contribution >= 0.6 is 141 Å². The van der Waals surface area contributed by atoms with Crippen molar-refractivity contribution in [3.05, 3.63) is 0 Å². The van der Waals surface area contributed by atoms with E-state index in [0.717, 1.165) is 48.4 Å². The van der Waals surface area contributed by atoms with Gasteiger partial charge in [-0.25, -0.2) is 9.98 Å². The highest BCUT2D eigenvalue weighted by molar-refractivity contribution is 8.29. The number of carbonyl (C=O) groups is 2. The van der Waals surface area contributed by atoms with Gasteiger partial charge in [-0.1, -0.05) is 47.0 Å². The molecule has 0 fully saturated rings. The van der Waals surface area contributed by atoms with Crippen LogP contribution in [0.3, 0.4) is 0 Å². The largest absolute Gasteiger partial charge is 0.610 e. The highest BCUT2D eigenvalue weighted by atomic mass is 32.3. The first kappa shape index (κ1) is 50.0. The van der Waals surface area contributed by atoms with Gasteiger partial charge < -0.3 is 30.0 Å². The predicted octanol–water partition coefficient (Wildman–Crippen LogP) is 6.28. The van der Waals surface area contributed by atoms with E-state index in [4.69, 9.17) is 10.2 Å². The zero-order valence-corrected chi connectivity index (χ0v) is 37.2. The Morgan fingerprint density at radius 2 is 0.936 bits per heavy atom. The standard InChI is InChI=1S/C23H44N4O6S14/c28-11-38-15-40-18-44-22(30)26-3-7-36-14-35-6-2-25-10-47(33)21-43-17-41-19-45-23(31)27-4-8-37-13-34-5-1-24-9-46(32)20-42-16-39-12-29/h9-10,28-29H,1-8,11-21H2,(H,26,30)(H,27,31)/b24-9-,25-10-. The fourth-order valence-electron chi connectivity index (χ4n) is 2.22. The number of aliphatic imine (C=N–C) groups is 2. The summed E-state index contributed by atoms with van der Waals surface area (Å²) in [5.41, 5.74) is 3.04. The van der Waals surface area contributed by atoms with Gasteiger partial charge in [0.25, 0.3) is 10.5 Å². The van der Waals surface area contributed by atoms with E-state index >= 15 is 0 Å². The Balaban J connectivity index is 3.43. The first-order chi connectivity index (χ1) is 23.0. The smallest absolute Gasteiger partial charge is 0.279 e. The molecule has 0 aromatic heterocycles. The van der Waals surface area contributed by atoms with Gasteiger partial charge in [-0.05, 0) is 0 Å². The average Bonchev–Trinajstić information content (AvgIpc) is 3.06. The number of hydrogen-bond donors (Lipinski definition) is 4. The molecular formula is C23H44N4O6S14. The maximum Gasteiger partial charge on any atom is 0.279 e. The summed E-state index contributed by atoms with van der Waals surface area (Å²) in [5.74, 6) is 3.62. The summed E-state index contributed by atoms with van der Waals surface area (Å²) in [6, 6.07) is 0. The molecule has 2 amide bonds. The molecular weight excluding hydrogens is 877 g/mol. The molecule has 0 aliphatic rings. The van der Waals surface area contributed by atoms with Gasteiger partial charge in [-0.2, -0.15) is 0 Å². The van der Waals surface area contributed by atoms with E-state index in [1.54, 1.807) is 82.3 Å². The van der Waals surface area contributed by atoms with E-state index in [-0.39, 0.29) is 22.4 Å². The Bertz CT molecular complexity index is 788. The van der Waals surface area contributed by atoms with Crippen LogP contribution in [0.15, 0.2) is 9.98 Å². The number of hydrogen-bond acceptors (Lipinski definition) is 20. The van der Waals surface area contributed by atoms with E-state index in [1.165, 1.54) is 69.9 Å². The number of thioether (sulfide) groups is 12. The minimum Gasteiger partial charge on any atom is -0.610 e. The van der Waals surface area contributed by atoms with Gasteiger partial charge in [0.15, 0.2) is 10.2 Å². The van der Waals surface area contributed by atoms with Crippen molar-refractivity contribution in [3.8, 4) is 0 Å². The van der Waals surface area contributed by atoms with Crippen molar-refractivity contribution in [2.45, 2.75) is 0 Å². The Kier molecular flexibility index (Phi) is 44.5. The van der Waals surface area contributed by atoms with E-state index in [9.17, 15) is 18.7 Å². The lowest BCUT2D eigenvalue weighted by Crippen LogP contribution is -2.21. The Morgan fingerprint density at radius 1 is 0.553 bits per heavy atom. The van der Waals surface area contributed by atoms with Gasteiger partial charge in [0.05, 0.1) is 25.0 Å². The normalized spacial score (nSPS) is 13.0. The highest BCUT2D eigenvalue weighted by Gasteiger charge is 2.06. The molecule has 0 aromatic carbocycles. The molecule has 0 bridgehead atoms. The third-order valence-electron chi connectivity index (χ3n) is 4.11. The zero-order chi connectivity index (χ0) is 34.5. The second-order valence-corrected chi connectivity index (χ2v) is 25.7. The van der Waals surface area contributed by atoms with Crippen molar-refractivity contribution in [1.82, 2.24) is 10.6 Å². The minimum absolute atomic E-state index is 0.0118. The molecule has 0 aliphatic heterocycles. The summed E-state index contributed by atoms with van der Waals surface area (Å²) in [6.07, 6.45) is 0. The monoisotopic (exact) mass is 920 g/mol. The van der Waals surface area contributed by atoms with Crippen molar-refractivity contribution in [1.29, 1.82) is 0 Å². The van der Waals surface area contributed by atoms with Gasteiger partial charge in [0, 0.05) is 94.0 Å². The van der Waals surface area contributed by atoms with Gasteiger partial charge in [-0.3, -0.25) is 9.59 Å². The Labute approximate surface area is 337 Å². The molecule has 0 radical (unpaired) electrons. The van der Waals surface area contributed by atoms with Crippen LogP contribution in [0.1, 0.15) is 0 Å². The third-order valence-corrected chi connectivity index (χ3v) is 20.1. The van der Waals surface area contributed by atoms with Crippen molar-refractivity contribution in [2.24, 2.45) is 9.98 Å². The number of aliphatic hydroxyl groups is 2. The van der Waals surface area contributed by atoms with Gasteiger partial charge in [0.2, 0.25) is 11.1 Å². The van der Waals surface area contributed by atoms with Crippen LogP contribution in [0.4, 0.5) is 9.59 Å². The molecule has 0 aromatic rings. The fraction of sp³-hybridized carbons (Fsp3) is 0.826. The van der Waals surface area contributed by atoms with E-state index < -0.39 is 22.4 Å². The summed E-state index contributed by atoms with van der Waals surface area (Å²) < 4.78 is 23.8. The predicted molar refractivity (Wildman–Crippen MR) is 238 cm³/mol. The molecule has 0 saturated carbocycles.